The molecular weight excluding hydrogens is 355 g/mol. The van der Waals surface area contributed by atoms with Crippen LogP contribution in [0.15, 0.2) is 48.5 Å². The van der Waals surface area contributed by atoms with Gasteiger partial charge in [0.25, 0.3) is 0 Å². The molecule has 0 bridgehead atoms. The minimum Gasteiger partial charge on any atom is -0.329 e. The van der Waals surface area contributed by atoms with Crippen molar-refractivity contribution in [2.45, 2.75) is 32.6 Å². The van der Waals surface area contributed by atoms with Gasteiger partial charge >= 0.3 is 0 Å². The zero-order valence-corrected chi connectivity index (χ0v) is 16.0. The minimum absolute atomic E-state index is 0.0899. The van der Waals surface area contributed by atoms with Crippen LogP contribution in [0, 0.1) is 5.82 Å². The maximum Gasteiger partial charge on any atom is 0.187 e. The van der Waals surface area contributed by atoms with Crippen molar-refractivity contribution < 1.29 is 4.39 Å². The highest BCUT2D eigenvalue weighted by Crippen LogP contribution is 2.35. The number of anilines is 2. The molecule has 25 heavy (non-hydrogen) atoms. The van der Waals surface area contributed by atoms with Gasteiger partial charge in [0.05, 0.1) is 11.4 Å². The molecule has 0 unspecified atom stereocenters. The monoisotopic (exact) mass is 374 g/mol. The molecule has 0 saturated heterocycles. The molecule has 2 aromatic carbocycles. The van der Waals surface area contributed by atoms with E-state index in [4.69, 9.17) is 16.6 Å². The Morgan fingerprint density at radius 1 is 1.08 bits per heavy atom. The number of hydrogen-bond acceptors (Lipinski definition) is 3. The van der Waals surface area contributed by atoms with Crippen LogP contribution < -0.4 is 5.32 Å². The summed E-state index contributed by atoms with van der Waals surface area (Å²) in [7, 11) is 0. The predicted molar refractivity (Wildman–Crippen MR) is 105 cm³/mol. The zero-order valence-electron chi connectivity index (χ0n) is 14.4. The normalized spacial score (nSPS) is 11.6. The molecule has 0 atom stereocenters. The fourth-order valence-corrected chi connectivity index (χ4v) is 3.92. The van der Waals surface area contributed by atoms with Crippen molar-refractivity contribution in [1.82, 2.24) is 4.98 Å². The molecular formula is C20H20ClFN2S. The van der Waals surface area contributed by atoms with Crippen LogP contribution in [0.1, 0.15) is 36.9 Å². The standard InChI is InChI=1S/C20H20ClFN2S/c1-20(2,3)18-17(12-13-8-10-14(21)11-9-13)25-19(24-18)23-16-7-5-4-6-15(16)22/h4-11H,12H2,1-3H3,(H,23,24). The SMILES string of the molecule is CC(C)(C)c1nc(Nc2ccccc2F)sc1Cc1ccc(Cl)cc1. The van der Waals surface area contributed by atoms with Gasteiger partial charge in [-0.1, -0.05) is 56.6 Å². The first-order valence-electron chi connectivity index (χ1n) is 8.09. The molecule has 0 aliphatic heterocycles. The topological polar surface area (TPSA) is 24.9 Å². The second kappa shape index (κ2) is 7.14. The summed E-state index contributed by atoms with van der Waals surface area (Å²) in [5, 5.41) is 4.55. The third kappa shape index (κ3) is 4.39. The molecule has 3 rings (SSSR count). The van der Waals surface area contributed by atoms with Gasteiger partial charge in [0, 0.05) is 21.7 Å². The van der Waals surface area contributed by atoms with E-state index >= 15 is 0 Å². The Kier molecular flexibility index (Phi) is 5.11. The predicted octanol–water partition coefficient (Wildman–Crippen LogP) is 6.57. The van der Waals surface area contributed by atoms with Gasteiger partial charge in [0.1, 0.15) is 5.82 Å². The van der Waals surface area contributed by atoms with Crippen LogP contribution in [0.2, 0.25) is 5.02 Å². The van der Waals surface area contributed by atoms with E-state index < -0.39 is 0 Å². The summed E-state index contributed by atoms with van der Waals surface area (Å²) in [5.74, 6) is -0.283. The molecule has 0 saturated carbocycles. The lowest BCUT2D eigenvalue weighted by molar-refractivity contribution is 0.568. The van der Waals surface area contributed by atoms with Crippen molar-refractivity contribution in [2.24, 2.45) is 0 Å². The Morgan fingerprint density at radius 3 is 2.40 bits per heavy atom. The summed E-state index contributed by atoms with van der Waals surface area (Å²) in [6.45, 7) is 6.42. The number of nitrogens with zero attached hydrogens (tertiary/aromatic N) is 1. The second-order valence-corrected chi connectivity index (χ2v) is 8.47. The summed E-state index contributed by atoms with van der Waals surface area (Å²) in [6, 6.07) is 14.5. The molecule has 0 radical (unpaired) electrons. The van der Waals surface area contributed by atoms with Crippen LogP contribution in [0.4, 0.5) is 15.2 Å². The van der Waals surface area contributed by atoms with Crippen molar-refractivity contribution >= 4 is 33.8 Å². The minimum atomic E-state index is -0.283. The van der Waals surface area contributed by atoms with E-state index in [9.17, 15) is 4.39 Å². The molecule has 1 aromatic heterocycles. The Bertz CT molecular complexity index is 866. The van der Waals surface area contributed by atoms with E-state index in [1.54, 1.807) is 29.5 Å². The molecule has 0 spiro atoms. The molecule has 0 aliphatic rings. The first-order valence-corrected chi connectivity index (χ1v) is 9.28. The lowest BCUT2D eigenvalue weighted by Crippen LogP contribution is -2.14. The highest BCUT2D eigenvalue weighted by molar-refractivity contribution is 7.15. The van der Waals surface area contributed by atoms with Crippen molar-refractivity contribution in [2.75, 3.05) is 5.32 Å². The van der Waals surface area contributed by atoms with E-state index in [1.807, 2.05) is 24.3 Å². The molecule has 0 aliphatic carbocycles. The van der Waals surface area contributed by atoms with Crippen molar-refractivity contribution in [3.05, 3.63) is 75.5 Å². The Labute approximate surface area is 156 Å². The number of hydrogen-bond donors (Lipinski definition) is 1. The zero-order chi connectivity index (χ0) is 18.0. The largest absolute Gasteiger partial charge is 0.329 e. The highest BCUT2D eigenvalue weighted by Gasteiger charge is 2.23. The summed E-state index contributed by atoms with van der Waals surface area (Å²) >= 11 is 7.54. The van der Waals surface area contributed by atoms with Gasteiger partial charge in [-0.3, -0.25) is 0 Å². The summed E-state index contributed by atoms with van der Waals surface area (Å²) in [6.07, 6.45) is 0.778. The average Bonchev–Trinajstić information content (AvgIpc) is 2.95. The van der Waals surface area contributed by atoms with Crippen LogP contribution in [0.3, 0.4) is 0 Å². The van der Waals surface area contributed by atoms with E-state index in [0.717, 1.165) is 17.1 Å². The maximum absolute atomic E-state index is 13.9. The van der Waals surface area contributed by atoms with Gasteiger partial charge in [-0.15, -0.1) is 11.3 Å². The molecule has 5 heteroatoms. The Morgan fingerprint density at radius 2 is 1.76 bits per heavy atom. The highest BCUT2D eigenvalue weighted by atomic mass is 35.5. The fraction of sp³-hybridized carbons (Fsp3) is 0.250. The lowest BCUT2D eigenvalue weighted by atomic mass is 9.90. The third-order valence-corrected chi connectivity index (χ3v) is 5.02. The van der Waals surface area contributed by atoms with Gasteiger partial charge in [-0.05, 0) is 29.8 Å². The number of rotatable bonds is 4. The smallest absolute Gasteiger partial charge is 0.187 e. The van der Waals surface area contributed by atoms with Crippen LogP contribution in [-0.2, 0) is 11.8 Å². The fourth-order valence-electron chi connectivity index (χ4n) is 2.58. The van der Waals surface area contributed by atoms with Crippen molar-refractivity contribution in [3.8, 4) is 0 Å². The number of thiazole rings is 1. The first-order chi connectivity index (χ1) is 11.8. The van der Waals surface area contributed by atoms with E-state index in [1.165, 1.54) is 16.5 Å². The average molecular weight is 375 g/mol. The quantitative estimate of drug-likeness (QED) is 0.558. The summed E-state index contributed by atoms with van der Waals surface area (Å²) in [4.78, 5) is 5.92. The third-order valence-electron chi connectivity index (χ3n) is 3.80. The molecule has 0 fully saturated rings. The van der Waals surface area contributed by atoms with Crippen LogP contribution in [0.5, 0.6) is 0 Å². The number of aromatic nitrogens is 1. The molecule has 3 aromatic rings. The number of para-hydroxylation sites is 1. The first kappa shape index (κ1) is 17.9. The summed E-state index contributed by atoms with van der Waals surface area (Å²) in [5.41, 5.74) is 2.56. The van der Waals surface area contributed by atoms with Crippen LogP contribution in [-0.4, -0.2) is 4.98 Å². The number of halogens is 2. The molecule has 130 valence electrons. The molecule has 1 heterocycles. The second-order valence-electron chi connectivity index (χ2n) is 6.95. The maximum atomic E-state index is 13.9. The molecule has 2 nitrogen and oxygen atoms in total. The van der Waals surface area contributed by atoms with Crippen LogP contribution >= 0.6 is 22.9 Å². The lowest BCUT2D eigenvalue weighted by Gasteiger charge is -2.17. The Balaban J connectivity index is 1.92. The molecule has 0 amide bonds. The van der Waals surface area contributed by atoms with Crippen molar-refractivity contribution in [3.63, 3.8) is 0 Å². The van der Waals surface area contributed by atoms with Gasteiger partial charge < -0.3 is 5.32 Å². The van der Waals surface area contributed by atoms with Gasteiger partial charge in [0.15, 0.2) is 5.13 Å². The van der Waals surface area contributed by atoms with Crippen LogP contribution in [0.25, 0.3) is 0 Å². The van der Waals surface area contributed by atoms with E-state index in [2.05, 4.69) is 26.1 Å². The Hall–Kier alpha value is -1.91. The van der Waals surface area contributed by atoms with Crippen molar-refractivity contribution in [1.29, 1.82) is 0 Å². The van der Waals surface area contributed by atoms with E-state index in [0.29, 0.717) is 10.8 Å². The van der Waals surface area contributed by atoms with E-state index in [-0.39, 0.29) is 11.2 Å². The number of nitrogens with one attached hydrogen (secondary N) is 1. The van der Waals surface area contributed by atoms with Gasteiger partial charge in [0.2, 0.25) is 0 Å². The number of benzene rings is 2. The summed E-state index contributed by atoms with van der Waals surface area (Å²) < 4.78 is 13.9. The molecule has 1 N–H and O–H groups in total. The van der Waals surface area contributed by atoms with Gasteiger partial charge in [-0.2, -0.15) is 0 Å². The van der Waals surface area contributed by atoms with Gasteiger partial charge in [-0.25, -0.2) is 9.37 Å².